The second-order valence-electron chi connectivity index (χ2n) is 7.33. The van der Waals surface area contributed by atoms with Gasteiger partial charge in [0.1, 0.15) is 6.61 Å². The van der Waals surface area contributed by atoms with E-state index < -0.39 is 0 Å². The molecule has 0 aromatic heterocycles. The van der Waals surface area contributed by atoms with E-state index in [1.165, 1.54) is 37.7 Å². The fourth-order valence-corrected chi connectivity index (χ4v) is 3.94. The van der Waals surface area contributed by atoms with Crippen molar-refractivity contribution in [1.29, 1.82) is 0 Å². The minimum absolute atomic E-state index is 0.473. The Balaban J connectivity index is 1.69. The zero-order valence-corrected chi connectivity index (χ0v) is 17.1. The minimum Gasteiger partial charge on any atom is -0.490 e. The molecule has 146 valence electrons. The Kier molecular flexibility index (Phi) is 7.42. The SMILES string of the molecule is CCOc1cc(CNC2CCCCC2)cc(Cl)c1OCc1cccc(C)c1. The van der Waals surface area contributed by atoms with Gasteiger partial charge in [0.15, 0.2) is 11.5 Å². The van der Waals surface area contributed by atoms with E-state index in [0.29, 0.717) is 30.0 Å². The largest absolute Gasteiger partial charge is 0.490 e. The average molecular weight is 388 g/mol. The van der Waals surface area contributed by atoms with Crippen LogP contribution in [0.4, 0.5) is 0 Å². The molecule has 1 N–H and O–H groups in total. The molecular weight excluding hydrogens is 358 g/mol. The second-order valence-corrected chi connectivity index (χ2v) is 7.74. The van der Waals surface area contributed by atoms with Crippen LogP contribution < -0.4 is 14.8 Å². The Labute approximate surface area is 168 Å². The molecule has 0 amide bonds. The van der Waals surface area contributed by atoms with Gasteiger partial charge in [-0.3, -0.25) is 0 Å². The van der Waals surface area contributed by atoms with Crippen molar-refractivity contribution in [1.82, 2.24) is 5.32 Å². The van der Waals surface area contributed by atoms with E-state index in [1.54, 1.807) is 0 Å². The maximum absolute atomic E-state index is 6.56. The van der Waals surface area contributed by atoms with E-state index in [-0.39, 0.29) is 0 Å². The fourth-order valence-electron chi connectivity index (χ4n) is 3.65. The molecule has 1 fully saturated rings. The Bertz CT molecular complexity index is 741. The number of hydrogen-bond donors (Lipinski definition) is 1. The smallest absolute Gasteiger partial charge is 0.180 e. The summed E-state index contributed by atoms with van der Waals surface area (Å²) in [5, 5.41) is 4.27. The highest BCUT2D eigenvalue weighted by molar-refractivity contribution is 6.32. The van der Waals surface area contributed by atoms with Gasteiger partial charge in [0.25, 0.3) is 0 Å². The molecule has 0 aliphatic heterocycles. The standard InChI is InChI=1S/C23H30ClNO2/c1-3-26-22-14-19(15-25-20-10-5-4-6-11-20)13-21(24)23(22)27-16-18-9-7-8-17(2)12-18/h7-9,12-14,20,25H,3-6,10-11,15-16H2,1-2H3. The van der Waals surface area contributed by atoms with Crippen molar-refractivity contribution in [3.8, 4) is 11.5 Å². The molecular formula is C23H30ClNO2. The number of hydrogen-bond acceptors (Lipinski definition) is 3. The van der Waals surface area contributed by atoms with Crippen molar-refractivity contribution in [2.24, 2.45) is 0 Å². The van der Waals surface area contributed by atoms with E-state index >= 15 is 0 Å². The van der Waals surface area contributed by atoms with Crippen LogP contribution in [0.5, 0.6) is 11.5 Å². The summed E-state index contributed by atoms with van der Waals surface area (Å²) in [6.07, 6.45) is 6.56. The number of aryl methyl sites for hydroxylation is 1. The summed E-state index contributed by atoms with van der Waals surface area (Å²) in [5.74, 6) is 1.35. The number of ether oxygens (including phenoxy) is 2. The summed E-state index contributed by atoms with van der Waals surface area (Å²) < 4.78 is 11.9. The van der Waals surface area contributed by atoms with Crippen LogP contribution in [0.2, 0.25) is 5.02 Å². The molecule has 3 rings (SSSR count). The number of benzene rings is 2. The number of rotatable bonds is 8. The molecule has 0 saturated heterocycles. The van der Waals surface area contributed by atoms with Crippen molar-refractivity contribution in [2.45, 2.75) is 65.1 Å². The van der Waals surface area contributed by atoms with Crippen LogP contribution >= 0.6 is 11.6 Å². The topological polar surface area (TPSA) is 30.5 Å². The average Bonchev–Trinajstić information content (AvgIpc) is 2.67. The van der Waals surface area contributed by atoms with Crippen molar-refractivity contribution >= 4 is 11.6 Å². The van der Waals surface area contributed by atoms with Crippen LogP contribution in [-0.4, -0.2) is 12.6 Å². The van der Waals surface area contributed by atoms with Crippen molar-refractivity contribution in [2.75, 3.05) is 6.61 Å². The Morgan fingerprint density at radius 1 is 1.04 bits per heavy atom. The van der Waals surface area contributed by atoms with Crippen LogP contribution in [-0.2, 0) is 13.2 Å². The maximum atomic E-state index is 6.56. The van der Waals surface area contributed by atoms with Gasteiger partial charge in [0.05, 0.1) is 11.6 Å². The summed E-state index contributed by atoms with van der Waals surface area (Å²) in [6, 6.07) is 13.0. The van der Waals surface area contributed by atoms with E-state index in [2.05, 4.69) is 36.5 Å². The first-order valence-corrected chi connectivity index (χ1v) is 10.4. The third-order valence-corrected chi connectivity index (χ3v) is 5.32. The van der Waals surface area contributed by atoms with Gasteiger partial charge in [0.2, 0.25) is 0 Å². The molecule has 4 heteroatoms. The molecule has 1 saturated carbocycles. The maximum Gasteiger partial charge on any atom is 0.180 e. The van der Waals surface area contributed by atoms with Crippen LogP contribution in [0.15, 0.2) is 36.4 Å². The Hall–Kier alpha value is -1.71. The zero-order valence-electron chi connectivity index (χ0n) is 16.4. The van der Waals surface area contributed by atoms with Crippen LogP contribution in [0.25, 0.3) is 0 Å². The third-order valence-electron chi connectivity index (χ3n) is 5.03. The van der Waals surface area contributed by atoms with Crippen molar-refractivity contribution in [3.63, 3.8) is 0 Å². The molecule has 0 spiro atoms. The predicted octanol–water partition coefficient (Wildman–Crippen LogP) is 6.05. The molecule has 0 bridgehead atoms. The first-order chi connectivity index (χ1) is 13.2. The lowest BCUT2D eigenvalue weighted by Crippen LogP contribution is -2.30. The van der Waals surface area contributed by atoms with Gasteiger partial charge in [-0.05, 0) is 49.9 Å². The number of nitrogens with one attached hydrogen (secondary N) is 1. The quantitative estimate of drug-likeness (QED) is 0.598. The summed E-state index contributed by atoms with van der Waals surface area (Å²) in [7, 11) is 0. The van der Waals surface area contributed by atoms with Crippen molar-refractivity contribution < 1.29 is 9.47 Å². The highest BCUT2D eigenvalue weighted by atomic mass is 35.5. The first-order valence-electron chi connectivity index (χ1n) is 10.0. The van der Waals surface area contributed by atoms with Gasteiger partial charge in [-0.25, -0.2) is 0 Å². The number of halogens is 1. The predicted molar refractivity (Wildman–Crippen MR) is 112 cm³/mol. The van der Waals surface area contributed by atoms with Gasteiger partial charge in [0, 0.05) is 12.6 Å². The lowest BCUT2D eigenvalue weighted by atomic mass is 9.95. The second kappa shape index (κ2) is 10.0. The molecule has 0 unspecified atom stereocenters. The molecule has 27 heavy (non-hydrogen) atoms. The van der Waals surface area contributed by atoms with Gasteiger partial charge in [-0.15, -0.1) is 0 Å². The fraction of sp³-hybridized carbons (Fsp3) is 0.478. The molecule has 0 heterocycles. The third kappa shape index (κ3) is 5.88. The summed E-state index contributed by atoms with van der Waals surface area (Å²) in [4.78, 5) is 0. The van der Waals surface area contributed by atoms with Gasteiger partial charge in [-0.1, -0.05) is 60.7 Å². The molecule has 0 radical (unpaired) electrons. The van der Waals surface area contributed by atoms with E-state index in [0.717, 1.165) is 23.4 Å². The molecule has 2 aromatic rings. The highest BCUT2D eigenvalue weighted by Gasteiger charge is 2.16. The van der Waals surface area contributed by atoms with Crippen LogP contribution in [0.1, 0.15) is 55.7 Å². The van der Waals surface area contributed by atoms with E-state index in [4.69, 9.17) is 21.1 Å². The molecule has 0 atom stereocenters. The first kappa shape index (κ1) is 20.0. The summed E-state index contributed by atoms with van der Waals surface area (Å²) >= 11 is 6.56. The Morgan fingerprint density at radius 2 is 1.85 bits per heavy atom. The van der Waals surface area contributed by atoms with Crippen LogP contribution in [0.3, 0.4) is 0 Å². The lowest BCUT2D eigenvalue weighted by Gasteiger charge is -2.23. The van der Waals surface area contributed by atoms with Crippen LogP contribution in [0, 0.1) is 6.92 Å². The lowest BCUT2D eigenvalue weighted by molar-refractivity contribution is 0.269. The minimum atomic E-state index is 0.473. The van der Waals surface area contributed by atoms with Crippen molar-refractivity contribution in [3.05, 3.63) is 58.1 Å². The Morgan fingerprint density at radius 3 is 2.59 bits per heavy atom. The highest BCUT2D eigenvalue weighted by Crippen LogP contribution is 2.37. The summed E-state index contributed by atoms with van der Waals surface area (Å²) in [6.45, 7) is 5.92. The normalized spacial score (nSPS) is 14.9. The molecule has 1 aliphatic rings. The van der Waals surface area contributed by atoms with E-state index in [1.807, 2.05) is 19.1 Å². The molecule has 1 aliphatic carbocycles. The van der Waals surface area contributed by atoms with Gasteiger partial charge < -0.3 is 14.8 Å². The molecule has 2 aromatic carbocycles. The summed E-state index contributed by atoms with van der Waals surface area (Å²) in [5.41, 5.74) is 3.48. The van der Waals surface area contributed by atoms with Gasteiger partial charge >= 0.3 is 0 Å². The monoisotopic (exact) mass is 387 g/mol. The molecule has 3 nitrogen and oxygen atoms in total. The van der Waals surface area contributed by atoms with E-state index in [9.17, 15) is 0 Å². The van der Waals surface area contributed by atoms with Gasteiger partial charge in [-0.2, -0.15) is 0 Å². The zero-order chi connectivity index (χ0) is 19.1.